The van der Waals surface area contributed by atoms with Crippen LogP contribution in [0, 0.1) is 5.82 Å². The Morgan fingerprint density at radius 3 is 2.22 bits per heavy atom. The lowest BCUT2D eigenvalue weighted by Gasteiger charge is -2.32. The molecule has 0 radical (unpaired) electrons. The topological polar surface area (TPSA) is 90.2 Å². The molecule has 4 rings (SSSR count). The Hall–Kier alpha value is -4.01. The molecule has 196 valence electrons. The highest BCUT2D eigenvalue weighted by Gasteiger charge is 2.36. The zero-order valence-corrected chi connectivity index (χ0v) is 21.2. The van der Waals surface area contributed by atoms with Crippen molar-refractivity contribution in [3.8, 4) is 17.2 Å². The van der Waals surface area contributed by atoms with Gasteiger partial charge in [-0.1, -0.05) is 25.0 Å². The van der Waals surface area contributed by atoms with Crippen molar-refractivity contribution in [3.05, 3.63) is 77.5 Å². The van der Waals surface area contributed by atoms with E-state index in [9.17, 15) is 14.0 Å². The molecule has 2 amide bonds. The lowest BCUT2D eigenvalue weighted by atomic mass is 10.0. The van der Waals surface area contributed by atoms with E-state index in [-0.39, 0.29) is 24.3 Å². The summed E-state index contributed by atoms with van der Waals surface area (Å²) in [6.45, 7) is 0.0270. The Labute approximate surface area is 215 Å². The summed E-state index contributed by atoms with van der Waals surface area (Å²) in [5, 5.41) is 3.12. The van der Waals surface area contributed by atoms with Gasteiger partial charge < -0.3 is 28.8 Å². The molecular formula is C28H31FN2O6. The molecule has 1 aromatic heterocycles. The minimum Gasteiger partial charge on any atom is -0.493 e. The summed E-state index contributed by atoms with van der Waals surface area (Å²) >= 11 is 0. The molecule has 0 unspecified atom stereocenters. The van der Waals surface area contributed by atoms with Crippen molar-refractivity contribution in [2.45, 2.75) is 44.3 Å². The fourth-order valence-electron chi connectivity index (χ4n) is 4.69. The summed E-state index contributed by atoms with van der Waals surface area (Å²) in [5.41, 5.74) is 1.11. The smallest absolute Gasteiger partial charge is 0.290 e. The van der Waals surface area contributed by atoms with Crippen LogP contribution in [0.5, 0.6) is 17.2 Å². The largest absolute Gasteiger partial charge is 0.493 e. The number of ether oxygens (including phenoxy) is 3. The zero-order chi connectivity index (χ0) is 26.4. The number of benzene rings is 2. The summed E-state index contributed by atoms with van der Waals surface area (Å²) in [7, 11) is 4.46. The van der Waals surface area contributed by atoms with Crippen LogP contribution in [0.3, 0.4) is 0 Å². The summed E-state index contributed by atoms with van der Waals surface area (Å²) in [5.74, 6) is -0.0876. The maximum atomic E-state index is 13.9. The monoisotopic (exact) mass is 510 g/mol. The summed E-state index contributed by atoms with van der Waals surface area (Å²) in [4.78, 5) is 29.1. The van der Waals surface area contributed by atoms with Crippen LogP contribution in [0.1, 0.15) is 53.4 Å². The van der Waals surface area contributed by atoms with Gasteiger partial charge in [0, 0.05) is 12.6 Å². The molecule has 9 heteroatoms. The van der Waals surface area contributed by atoms with Gasteiger partial charge in [0.1, 0.15) is 11.9 Å². The lowest BCUT2D eigenvalue weighted by Crippen LogP contribution is -2.45. The molecule has 2 aromatic carbocycles. The molecular weight excluding hydrogens is 479 g/mol. The Bertz CT molecular complexity index is 1180. The maximum Gasteiger partial charge on any atom is 0.290 e. The number of hydrogen-bond acceptors (Lipinski definition) is 6. The Morgan fingerprint density at radius 2 is 1.68 bits per heavy atom. The van der Waals surface area contributed by atoms with Crippen LogP contribution in [0.4, 0.5) is 4.39 Å². The molecule has 1 saturated carbocycles. The van der Waals surface area contributed by atoms with Crippen LogP contribution in [-0.2, 0) is 11.3 Å². The van der Waals surface area contributed by atoms with Crippen molar-refractivity contribution in [1.82, 2.24) is 10.2 Å². The Balaban J connectivity index is 1.84. The predicted octanol–water partition coefficient (Wildman–Crippen LogP) is 4.89. The van der Waals surface area contributed by atoms with E-state index >= 15 is 0 Å². The average molecular weight is 511 g/mol. The van der Waals surface area contributed by atoms with Crippen molar-refractivity contribution in [1.29, 1.82) is 0 Å². The number of nitrogens with zero attached hydrogens (tertiary/aromatic N) is 1. The number of rotatable bonds is 10. The van der Waals surface area contributed by atoms with Gasteiger partial charge in [-0.2, -0.15) is 0 Å². The normalized spacial score (nSPS) is 14.2. The standard InChI is InChI=1S/C28H31FN2O6/c1-34-23-15-19(16-24(35-2)26(23)36-3)25(27(32)30-21-7-4-5-8-21)31(28(33)22-9-6-14-37-22)17-18-10-12-20(29)13-11-18/h6,9-16,21,25H,4-5,7-8,17H2,1-3H3,(H,30,32)/t25-/m1/s1. The number of halogens is 1. The van der Waals surface area contributed by atoms with E-state index in [1.165, 1.54) is 44.6 Å². The second-order valence-electron chi connectivity index (χ2n) is 8.89. The molecule has 0 spiro atoms. The first-order chi connectivity index (χ1) is 17.9. The number of hydrogen-bond donors (Lipinski definition) is 1. The van der Waals surface area contributed by atoms with Gasteiger partial charge in [0.2, 0.25) is 11.7 Å². The van der Waals surface area contributed by atoms with Gasteiger partial charge in [0.15, 0.2) is 17.3 Å². The molecule has 1 fully saturated rings. The lowest BCUT2D eigenvalue weighted by molar-refractivity contribution is -0.126. The maximum absolute atomic E-state index is 13.9. The van der Waals surface area contributed by atoms with Crippen LogP contribution >= 0.6 is 0 Å². The third-order valence-electron chi connectivity index (χ3n) is 6.52. The highest BCUT2D eigenvalue weighted by atomic mass is 19.1. The third-order valence-corrected chi connectivity index (χ3v) is 6.52. The molecule has 1 atom stereocenters. The predicted molar refractivity (Wildman–Crippen MR) is 134 cm³/mol. The molecule has 8 nitrogen and oxygen atoms in total. The van der Waals surface area contributed by atoms with Gasteiger partial charge in [-0.05, 0) is 60.4 Å². The minimum absolute atomic E-state index is 0.0171. The average Bonchev–Trinajstić information content (AvgIpc) is 3.63. The number of carbonyl (C=O) groups is 2. The molecule has 1 N–H and O–H groups in total. The SMILES string of the molecule is COc1cc([C@H](C(=O)NC2CCCC2)N(Cc2ccc(F)cc2)C(=O)c2ccco2)cc(OC)c1OC. The van der Waals surface area contributed by atoms with E-state index in [0.29, 0.717) is 28.4 Å². The van der Waals surface area contributed by atoms with E-state index in [0.717, 1.165) is 25.7 Å². The van der Waals surface area contributed by atoms with Gasteiger partial charge in [0.25, 0.3) is 5.91 Å². The number of carbonyl (C=O) groups excluding carboxylic acids is 2. The molecule has 0 bridgehead atoms. The van der Waals surface area contributed by atoms with Crippen LogP contribution in [-0.4, -0.2) is 44.1 Å². The van der Waals surface area contributed by atoms with Crippen LogP contribution < -0.4 is 19.5 Å². The van der Waals surface area contributed by atoms with Gasteiger partial charge >= 0.3 is 0 Å². The molecule has 1 heterocycles. The van der Waals surface area contributed by atoms with Crippen molar-refractivity contribution in [3.63, 3.8) is 0 Å². The van der Waals surface area contributed by atoms with Crippen molar-refractivity contribution in [2.24, 2.45) is 0 Å². The zero-order valence-electron chi connectivity index (χ0n) is 21.2. The number of furan rings is 1. The minimum atomic E-state index is -1.07. The first kappa shape index (κ1) is 26.1. The number of amides is 2. The third kappa shape index (κ3) is 5.87. The van der Waals surface area contributed by atoms with Gasteiger partial charge in [-0.25, -0.2) is 4.39 Å². The van der Waals surface area contributed by atoms with Crippen molar-refractivity contribution in [2.75, 3.05) is 21.3 Å². The molecule has 1 aliphatic rings. The van der Waals surface area contributed by atoms with E-state index in [4.69, 9.17) is 18.6 Å². The number of methoxy groups -OCH3 is 3. The fourth-order valence-corrected chi connectivity index (χ4v) is 4.69. The van der Waals surface area contributed by atoms with Gasteiger partial charge in [-0.15, -0.1) is 0 Å². The fraction of sp³-hybridized carbons (Fsp3) is 0.357. The highest BCUT2D eigenvalue weighted by molar-refractivity contribution is 5.96. The second-order valence-corrected chi connectivity index (χ2v) is 8.89. The van der Waals surface area contributed by atoms with Crippen molar-refractivity contribution < 1.29 is 32.6 Å². The molecule has 0 aliphatic heterocycles. The van der Waals surface area contributed by atoms with Gasteiger partial charge in [0.05, 0.1) is 27.6 Å². The Kier molecular flexibility index (Phi) is 8.32. The van der Waals surface area contributed by atoms with Crippen LogP contribution in [0.25, 0.3) is 0 Å². The quantitative estimate of drug-likeness (QED) is 0.418. The number of nitrogens with one attached hydrogen (secondary N) is 1. The molecule has 0 saturated heterocycles. The van der Waals surface area contributed by atoms with E-state index in [1.807, 2.05) is 0 Å². The molecule has 1 aliphatic carbocycles. The van der Waals surface area contributed by atoms with Gasteiger partial charge in [-0.3, -0.25) is 9.59 Å². The summed E-state index contributed by atoms with van der Waals surface area (Å²) in [6, 6.07) is 11.2. The summed E-state index contributed by atoms with van der Waals surface area (Å²) < 4.78 is 35.5. The second kappa shape index (κ2) is 11.8. The highest BCUT2D eigenvalue weighted by Crippen LogP contribution is 2.41. The van der Waals surface area contributed by atoms with Crippen LogP contribution in [0.2, 0.25) is 0 Å². The first-order valence-corrected chi connectivity index (χ1v) is 12.1. The van der Waals surface area contributed by atoms with Crippen molar-refractivity contribution >= 4 is 11.8 Å². The molecule has 3 aromatic rings. The van der Waals surface area contributed by atoms with E-state index < -0.39 is 17.8 Å². The molecule has 37 heavy (non-hydrogen) atoms. The summed E-state index contributed by atoms with van der Waals surface area (Å²) in [6.07, 6.45) is 5.21. The van der Waals surface area contributed by atoms with E-state index in [1.54, 1.807) is 36.4 Å². The van der Waals surface area contributed by atoms with E-state index in [2.05, 4.69) is 5.32 Å². The Morgan fingerprint density at radius 1 is 1.03 bits per heavy atom. The first-order valence-electron chi connectivity index (χ1n) is 12.1. The van der Waals surface area contributed by atoms with Crippen LogP contribution in [0.15, 0.2) is 59.2 Å².